The Labute approximate surface area is 173 Å². The summed E-state index contributed by atoms with van der Waals surface area (Å²) < 4.78 is 23.6. The van der Waals surface area contributed by atoms with Crippen molar-refractivity contribution in [3.8, 4) is 0 Å². The van der Waals surface area contributed by atoms with Gasteiger partial charge >= 0.3 is 0 Å². The van der Waals surface area contributed by atoms with Gasteiger partial charge in [0, 0.05) is 43.7 Å². The van der Waals surface area contributed by atoms with Crippen LogP contribution in [0.3, 0.4) is 0 Å². The summed E-state index contributed by atoms with van der Waals surface area (Å²) in [6.45, 7) is 7.67. The Kier molecular flexibility index (Phi) is 6.29. The summed E-state index contributed by atoms with van der Waals surface area (Å²) >= 11 is 0. The molecule has 1 saturated heterocycles. The number of rotatable bonds is 5. The smallest absolute Gasteiger partial charge is 0.252 e. The van der Waals surface area contributed by atoms with Crippen molar-refractivity contribution in [2.45, 2.75) is 24.8 Å². The molecule has 1 aliphatic heterocycles. The molecule has 1 heterocycles. The van der Waals surface area contributed by atoms with Crippen LogP contribution in [0.25, 0.3) is 0 Å². The fourth-order valence-corrected chi connectivity index (χ4v) is 4.16. The lowest BCUT2D eigenvalue weighted by molar-refractivity contribution is 0.0939. The molecule has 1 atom stereocenters. The molecular formula is C22H29N3O3S. The number of carbonyl (C=O) groups is 1. The molecule has 0 aliphatic carbocycles. The van der Waals surface area contributed by atoms with Gasteiger partial charge in [0.25, 0.3) is 5.91 Å². The topological polar surface area (TPSA) is 69.7 Å². The van der Waals surface area contributed by atoms with Gasteiger partial charge in [-0.1, -0.05) is 18.2 Å². The Bertz CT molecular complexity index is 996. The van der Waals surface area contributed by atoms with E-state index in [0.29, 0.717) is 5.56 Å². The third-order valence-corrected chi connectivity index (χ3v) is 6.58. The van der Waals surface area contributed by atoms with Crippen LogP contribution in [0.5, 0.6) is 0 Å². The number of sulfone groups is 1. The standard InChI is InChI=1S/C22H29N3O3S/c1-16-8-9-19(25-12-10-24(3)11-13-25)15-21(16)22(26)23-17(2)18-6-5-7-20(14-18)29(4,27)28/h5-9,14-15,17H,10-13H2,1-4H3,(H,23,26). The van der Waals surface area contributed by atoms with Gasteiger partial charge in [-0.25, -0.2) is 8.42 Å². The van der Waals surface area contributed by atoms with Crippen molar-refractivity contribution < 1.29 is 13.2 Å². The number of nitrogens with zero attached hydrogens (tertiary/aromatic N) is 2. The van der Waals surface area contributed by atoms with Gasteiger partial charge in [0.15, 0.2) is 9.84 Å². The fraction of sp³-hybridized carbons (Fsp3) is 0.409. The first-order chi connectivity index (χ1) is 13.6. The molecule has 0 spiro atoms. The Balaban J connectivity index is 1.77. The number of carbonyl (C=O) groups excluding carboxylic acids is 1. The van der Waals surface area contributed by atoms with E-state index >= 15 is 0 Å². The van der Waals surface area contributed by atoms with Crippen LogP contribution in [0, 0.1) is 6.92 Å². The van der Waals surface area contributed by atoms with Crippen molar-refractivity contribution in [1.82, 2.24) is 10.2 Å². The molecular weight excluding hydrogens is 386 g/mol. The van der Waals surface area contributed by atoms with Gasteiger partial charge in [0.1, 0.15) is 0 Å². The molecule has 156 valence electrons. The summed E-state index contributed by atoms with van der Waals surface area (Å²) in [5, 5.41) is 3.01. The maximum atomic E-state index is 13.0. The third-order valence-electron chi connectivity index (χ3n) is 5.47. The first-order valence-corrected chi connectivity index (χ1v) is 11.7. The van der Waals surface area contributed by atoms with Crippen molar-refractivity contribution in [3.63, 3.8) is 0 Å². The van der Waals surface area contributed by atoms with Crippen molar-refractivity contribution >= 4 is 21.4 Å². The van der Waals surface area contributed by atoms with Gasteiger partial charge in [-0.2, -0.15) is 0 Å². The second kappa shape index (κ2) is 8.55. The fourth-order valence-electron chi connectivity index (χ4n) is 3.49. The van der Waals surface area contributed by atoms with E-state index in [4.69, 9.17) is 0 Å². The van der Waals surface area contributed by atoms with Crippen molar-refractivity contribution in [3.05, 3.63) is 59.2 Å². The third kappa shape index (κ3) is 5.16. The zero-order valence-corrected chi connectivity index (χ0v) is 18.3. The molecule has 0 saturated carbocycles. The molecule has 29 heavy (non-hydrogen) atoms. The number of anilines is 1. The summed E-state index contributed by atoms with van der Waals surface area (Å²) in [6.07, 6.45) is 1.18. The van der Waals surface area contributed by atoms with E-state index in [1.807, 2.05) is 32.0 Å². The van der Waals surface area contributed by atoms with Crippen LogP contribution in [-0.4, -0.2) is 58.7 Å². The second-order valence-electron chi connectivity index (χ2n) is 7.83. The molecule has 1 aliphatic rings. The van der Waals surface area contributed by atoms with Crippen molar-refractivity contribution in [1.29, 1.82) is 0 Å². The highest BCUT2D eigenvalue weighted by atomic mass is 32.2. The van der Waals surface area contributed by atoms with Gasteiger partial charge in [-0.05, 0) is 56.3 Å². The van der Waals surface area contributed by atoms with Gasteiger partial charge < -0.3 is 15.1 Å². The van der Waals surface area contributed by atoms with Crippen LogP contribution in [-0.2, 0) is 9.84 Å². The highest BCUT2D eigenvalue weighted by Crippen LogP contribution is 2.22. The van der Waals surface area contributed by atoms with Crippen LogP contribution in [0.1, 0.15) is 34.5 Å². The molecule has 2 aromatic rings. The lowest BCUT2D eigenvalue weighted by Crippen LogP contribution is -2.44. The predicted octanol–water partition coefficient (Wildman–Crippen LogP) is 2.64. The van der Waals surface area contributed by atoms with E-state index in [2.05, 4.69) is 28.2 Å². The minimum absolute atomic E-state index is 0.157. The van der Waals surface area contributed by atoms with Crippen LogP contribution in [0.4, 0.5) is 5.69 Å². The summed E-state index contributed by atoms with van der Waals surface area (Å²) in [4.78, 5) is 17.8. The number of hydrogen-bond acceptors (Lipinski definition) is 5. The average molecular weight is 416 g/mol. The molecule has 1 amide bonds. The molecule has 6 nitrogen and oxygen atoms in total. The maximum absolute atomic E-state index is 13.0. The number of hydrogen-bond donors (Lipinski definition) is 1. The minimum atomic E-state index is -3.29. The molecule has 1 N–H and O–H groups in total. The zero-order chi connectivity index (χ0) is 21.2. The molecule has 0 bridgehead atoms. The van der Waals surface area contributed by atoms with E-state index in [9.17, 15) is 13.2 Å². The number of nitrogens with one attached hydrogen (secondary N) is 1. The SMILES string of the molecule is Cc1ccc(N2CCN(C)CC2)cc1C(=O)NC(C)c1cccc(S(C)(=O)=O)c1. The van der Waals surface area contributed by atoms with E-state index in [1.54, 1.807) is 18.2 Å². The number of likely N-dealkylation sites (N-methyl/N-ethyl adjacent to an activating group) is 1. The monoisotopic (exact) mass is 415 g/mol. The van der Waals surface area contributed by atoms with Crippen LogP contribution < -0.4 is 10.2 Å². The van der Waals surface area contributed by atoms with Gasteiger partial charge in [-0.15, -0.1) is 0 Å². The van der Waals surface area contributed by atoms with Crippen LogP contribution in [0.2, 0.25) is 0 Å². The first kappa shape index (κ1) is 21.3. The molecule has 0 radical (unpaired) electrons. The zero-order valence-electron chi connectivity index (χ0n) is 17.5. The largest absolute Gasteiger partial charge is 0.369 e. The van der Waals surface area contributed by atoms with E-state index in [0.717, 1.165) is 43.0 Å². The maximum Gasteiger partial charge on any atom is 0.252 e. The highest BCUT2D eigenvalue weighted by molar-refractivity contribution is 7.90. The molecule has 0 aromatic heterocycles. The second-order valence-corrected chi connectivity index (χ2v) is 9.85. The average Bonchev–Trinajstić information content (AvgIpc) is 2.68. The Morgan fingerprint density at radius 1 is 1.07 bits per heavy atom. The Morgan fingerprint density at radius 2 is 1.76 bits per heavy atom. The Morgan fingerprint density at radius 3 is 2.41 bits per heavy atom. The lowest BCUT2D eigenvalue weighted by atomic mass is 10.0. The van der Waals surface area contributed by atoms with E-state index in [1.165, 1.54) is 6.26 Å². The summed E-state index contributed by atoms with van der Waals surface area (Å²) in [5.41, 5.74) is 3.37. The first-order valence-electron chi connectivity index (χ1n) is 9.80. The molecule has 3 rings (SSSR count). The Hall–Kier alpha value is -2.38. The van der Waals surface area contributed by atoms with Gasteiger partial charge in [0.2, 0.25) is 0 Å². The van der Waals surface area contributed by atoms with Gasteiger partial charge in [0.05, 0.1) is 10.9 Å². The number of aryl methyl sites for hydroxylation is 1. The predicted molar refractivity (Wildman–Crippen MR) is 116 cm³/mol. The minimum Gasteiger partial charge on any atom is -0.369 e. The molecule has 2 aromatic carbocycles. The normalized spacial score (nSPS) is 16.5. The van der Waals surface area contributed by atoms with E-state index in [-0.39, 0.29) is 16.8 Å². The molecule has 7 heteroatoms. The highest BCUT2D eigenvalue weighted by Gasteiger charge is 2.19. The molecule has 1 fully saturated rings. The van der Waals surface area contributed by atoms with Crippen molar-refractivity contribution in [2.24, 2.45) is 0 Å². The molecule has 1 unspecified atom stereocenters. The lowest BCUT2D eigenvalue weighted by Gasteiger charge is -2.34. The van der Waals surface area contributed by atoms with Crippen molar-refractivity contribution in [2.75, 3.05) is 44.4 Å². The summed E-state index contributed by atoms with van der Waals surface area (Å²) in [7, 11) is -1.17. The summed E-state index contributed by atoms with van der Waals surface area (Å²) in [6, 6.07) is 12.4. The summed E-state index contributed by atoms with van der Waals surface area (Å²) in [5.74, 6) is -0.157. The number of amides is 1. The van der Waals surface area contributed by atoms with Crippen LogP contribution in [0.15, 0.2) is 47.4 Å². The quantitative estimate of drug-likeness (QED) is 0.813. The van der Waals surface area contributed by atoms with Gasteiger partial charge in [-0.3, -0.25) is 4.79 Å². The van der Waals surface area contributed by atoms with E-state index < -0.39 is 9.84 Å². The van der Waals surface area contributed by atoms with Crippen LogP contribution >= 0.6 is 0 Å². The number of piperazine rings is 1. The number of benzene rings is 2.